The van der Waals surface area contributed by atoms with Gasteiger partial charge in [-0.2, -0.15) is 5.26 Å². The van der Waals surface area contributed by atoms with Gasteiger partial charge in [0.1, 0.15) is 0 Å². The molecule has 0 unspecified atom stereocenters. The standard InChI is InChI=1S/C11H12N2O/c12-8-4-5-9-13(10-14)11-6-2-1-3-7-11/h1-3,6-7,10H,4-5,9H2. The predicted octanol–water partition coefficient (Wildman–Crippen LogP) is 1.95. The van der Waals surface area contributed by atoms with Gasteiger partial charge in [0.25, 0.3) is 0 Å². The van der Waals surface area contributed by atoms with Crippen LogP contribution in [0.2, 0.25) is 0 Å². The number of nitriles is 1. The molecule has 0 N–H and O–H groups in total. The number of unbranched alkanes of at least 4 members (excludes halogenated alkanes) is 1. The van der Waals surface area contributed by atoms with E-state index in [4.69, 9.17) is 5.26 Å². The molecule has 0 saturated carbocycles. The minimum Gasteiger partial charge on any atom is -0.315 e. The van der Waals surface area contributed by atoms with Crippen molar-refractivity contribution in [2.24, 2.45) is 0 Å². The molecule has 1 rings (SSSR count). The zero-order chi connectivity index (χ0) is 10.2. The van der Waals surface area contributed by atoms with E-state index in [0.717, 1.165) is 12.1 Å². The van der Waals surface area contributed by atoms with Crippen LogP contribution in [0, 0.1) is 11.3 Å². The lowest BCUT2D eigenvalue weighted by molar-refractivity contribution is -0.107. The Morgan fingerprint density at radius 1 is 1.36 bits per heavy atom. The number of hydrogen-bond donors (Lipinski definition) is 0. The minimum atomic E-state index is 0.483. The van der Waals surface area contributed by atoms with Crippen LogP contribution in [0.25, 0.3) is 0 Å². The monoisotopic (exact) mass is 188 g/mol. The first-order valence-corrected chi connectivity index (χ1v) is 4.52. The van der Waals surface area contributed by atoms with Gasteiger partial charge in [-0.15, -0.1) is 0 Å². The van der Waals surface area contributed by atoms with Crippen molar-refractivity contribution in [3.05, 3.63) is 30.3 Å². The van der Waals surface area contributed by atoms with Crippen LogP contribution in [0.5, 0.6) is 0 Å². The molecule has 0 atom stereocenters. The molecule has 0 aliphatic carbocycles. The number of carbonyl (C=O) groups excluding carboxylic acids is 1. The molecule has 0 aliphatic rings. The highest BCUT2D eigenvalue weighted by Gasteiger charge is 2.02. The number of carbonyl (C=O) groups is 1. The smallest absolute Gasteiger partial charge is 0.214 e. The van der Waals surface area contributed by atoms with E-state index in [2.05, 4.69) is 6.07 Å². The largest absolute Gasteiger partial charge is 0.315 e. The van der Waals surface area contributed by atoms with Crippen LogP contribution in [0.4, 0.5) is 5.69 Å². The molecule has 0 aliphatic heterocycles. The molecule has 0 spiro atoms. The summed E-state index contributed by atoms with van der Waals surface area (Å²) in [5.74, 6) is 0. The third-order valence-electron chi connectivity index (χ3n) is 1.90. The summed E-state index contributed by atoms with van der Waals surface area (Å²) in [6.07, 6.45) is 1.99. The summed E-state index contributed by atoms with van der Waals surface area (Å²) in [6, 6.07) is 11.5. The maximum atomic E-state index is 10.7. The Hall–Kier alpha value is -1.82. The number of amides is 1. The summed E-state index contributed by atoms with van der Waals surface area (Å²) < 4.78 is 0. The molecule has 0 bridgehead atoms. The fourth-order valence-electron chi connectivity index (χ4n) is 1.19. The van der Waals surface area contributed by atoms with Gasteiger partial charge in [0.05, 0.1) is 6.07 Å². The fraction of sp³-hybridized carbons (Fsp3) is 0.273. The molecule has 3 nitrogen and oxygen atoms in total. The van der Waals surface area contributed by atoms with Crippen molar-refractivity contribution < 1.29 is 4.79 Å². The first-order chi connectivity index (χ1) is 6.88. The van der Waals surface area contributed by atoms with Gasteiger partial charge in [-0.25, -0.2) is 0 Å². The Kier molecular flexibility index (Phi) is 4.22. The summed E-state index contributed by atoms with van der Waals surface area (Å²) in [5.41, 5.74) is 0.875. The summed E-state index contributed by atoms with van der Waals surface area (Å²) in [7, 11) is 0. The van der Waals surface area contributed by atoms with E-state index >= 15 is 0 Å². The lowest BCUT2D eigenvalue weighted by Gasteiger charge is -2.16. The van der Waals surface area contributed by atoms with Crippen molar-refractivity contribution in [2.75, 3.05) is 11.4 Å². The molecular formula is C11H12N2O. The molecule has 72 valence electrons. The van der Waals surface area contributed by atoms with Gasteiger partial charge in [0.2, 0.25) is 6.41 Å². The van der Waals surface area contributed by atoms with Crippen molar-refractivity contribution in [1.29, 1.82) is 5.26 Å². The summed E-state index contributed by atoms with van der Waals surface area (Å²) in [6.45, 7) is 0.598. The Balaban J connectivity index is 2.55. The summed E-state index contributed by atoms with van der Waals surface area (Å²) >= 11 is 0. The Bertz CT molecular complexity index is 316. The SMILES string of the molecule is N#CCCCN(C=O)c1ccccc1. The van der Waals surface area contributed by atoms with E-state index in [9.17, 15) is 4.79 Å². The third-order valence-corrected chi connectivity index (χ3v) is 1.90. The average Bonchev–Trinajstić information content (AvgIpc) is 2.26. The molecular weight excluding hydrogens is 176 g/mol. The zero-order valence-electron chi connectivity index (χ0n) is 7.89. The third kappa shape index (κ3) is 2.91. The van der Waals surface area contributed by atoms with Crippen LogP contribution in [0.1, 0.15) is 12.8 Å². The first kappa shape index (κ1) is 10.3. The lowest BCUT2D eigenvalue weighted by Crippen LogP contribution is -2.21. The van der Waals surface area contributed by atoms with Crippen LogP contribution >= 0.6 is 0 Å². The highest BCUT2D eigenvalue weighted by atomic mass is 16.1. The molecule has 1 aromatic carbocycles. The molecule has 0 radical (unpaired) electrons. The fourth-order valence-corrected chi connectivity index (χ4v) is 1.19. The molecule has 1 aromatic rings. The predicted molar refractivity (Wildman–Crippen MR) is 54.7 cm³/mol. The van der Waals surface area contributed by atoms with Crippen molar-refractivity contribution in [1.82, 2.24) is 0 Å². The zero-order valence-corrected chi connectivity index (χ0v) is 7.89. The van der Waals surface area contributed by atoms with Crippen molar-refractivity contribution in [2.45, 2.75) is 12.8 Å². The van der Waals surface area contributed by atoms with Crippen LogP contribution in [0.15, 0.2) is 30.3 Å². The molecule has 0 fully saturated rings. The highest BCUT2D eigenvalue weighted by Crippen LogP contribution is 2.11. The average molecular weight is 188 g/mol. The molecule has 0 aromatic heterocycles. The molecule has 0 saturated heterocycles. The van der Waals surface area contributed by atoms with E-state index in [0.29, 0.717) is 19.4 Å². The first-order valence-electron chi connectivity index (χ1n) is 4.52. The normalized spacial score (nSPS) is 9.07. The van der Waals surface area contributed by atoms with Gasteiger partial charge in [-0.05, 0) is 18.6 Å². The van der Waals surface area contributed by atoms with E-state index in [1.54, 1.807) is 4.90 Å². The van der Waals surface area contributed by atoms with E-state index < -0.39 is 0 Å². The van der Waals surface area contributed by atoms with E-state index in [-0.39, 0.29) is 0 Å². The molecule has 14 heavy (non-hydrogen) atoms. The Labute approximate surface area is 83.6 Å². The van der Waals surface area contributed by atoms with Gasteiger partial charge >= 0.3 is 0 Å². The van der Waals surface area contributed by atoms with Gasteiger partial charge in [0.15, 0.2) is 0 Å². The summed E-state index contributed by atoms with van der Waals surface area (Å²) in [5, 5.41) is 8.37. The Morgan fingerprint density at radius 2 is 2.07 bits per heavy atom. The molecule has 1 amide bonds. The van der Waals surface area contributed by atoms with Crippen LogP contribution in [-0.2, 0) is 4.79 Å². The second-order valence-corrected chi connectivity index (χ2v) is 2.90. The highest BCUT2D eigenvalue weighted by molar-refractivity contribution is 5.74. The minimum absolute atomic E-state index is 0.483. The van der Waals surface area contributed by atoms with Gasteiger partial charge in [-0.1, -0.05) is 18.2 Å². The van der Waals surface area contributed by atoms with Gasteiger partial charge in [-0.3, -0.25) is 4.79 Å². The second kappa shape index (κ2) is 5.76. The maximum absolute atomic E-state index is 10.7. The quantitative estimate of drug-likeness (QED) is 0.523. The Morgan fingerprint density at radius 3 is 2.64 bits per heavy atom. The van der Waals surface area contributed by atoms with Crippen LogP contribution < -0.4 is 4.90 Å². The lowest BCUT2D eigenvalue weighted by atomic mass is 10.2. The van der Waals surface area contributed by atoms with Crippen LogP contribution in [0.3, 0.4) is 0 Å². The van der Waals surface area contributed by atoms with E-state index in [1.165, 1.54) is 0 Å². The number of benzene rings is 1. The summed E-state index contributed by atoms with van der Waals surface area (Å²) in [4.78, 5) is 12.4. The number of anilines is 1. The molecule has 0 heterocycles. The maximum Gasteiger partial charge on any atom is 0.214 e. The number of rotatable bonds is 5. The molecule has 3 heteroatoms. The van der Waals surface area contributed by atoms with E-state index in [1.807, 2.05) is 30.3 Å². The van der Waals surface area contributed by atoms with Gasteiger partial charge < -0.3 is 4.90 Å². The van der Waals surface area contributed by atoms with Crippen molar-refractivity contribution in [3.63, 3.8) is 0 Å². The topological polar surface area (TPSA) is 44.1 Å². The van der Waals surface area contributed by atoms with Crippen LogP contribution in [-0.4, -0.2) is 13.0 Å². The number of nitrogens with zero attached hydrogens (tertiary/aromatic N) is 2. The van der Waals surface area contributed by atoms with Gasteiger partial charge in [0, 0.05) is 18.7 Å². The second-order valence-electron chi connectivity index (χ2n) is 2.90. The van der Waals surface area contributed by atoms with Crippen molar-refractivity contribution in [3.8, 4) is 6.07 Å². The number of para-hydroxylation sites is 1. The van der Waals surface area contributed by atoms with Crippen molar-refractivity contribution >= 4 is 12.1 Å². The number of hydrogen-bond acceptors (Lipinski definition) is 2.